The molecule has 13 nitrogen and oxygen atoms in total. The Morgan fingerprint density at radius 2 is 1.71 bits per heavy atom. The molecule has 1 aromatic rings. The Balaban J connectivity index is 2.89. The number of aromatic amines is 1. The Morgan fingerprint density at radius 1 is 1.06 bits per heavy atom. The van der Waals surface area contributed by atoms with Crippen LogP contribution in [-0.2, 0) is 30.4 Å². The molecular weight excluding hydrogens is 468 g/mol. The monoisotopic (exact) mass is 500 g/mol. The number of hydrogen-bond acceptors (Lipinski definition) is 8. The van der Waals surface area contributed by atoms with E-state index < -0.39 is 66.2 Å². The summed E-state index contributed by atoms with van der Waals surface area (Å²) < 4.78 is 0. The van der Waals surface area contributed by atoms with Crippen molar-refractivity contribution in [3.05, 3.63) is 18.2 Å². The quantitative estimate of drug-likeness (QED) is 0.151. The summed E-state index contributed by atoms with van der Waals surface area (Å²) >= 11 is 1.39. The van der Waals surface area contributed by atoms with Crippen LogP contribution >= 0.6 is 11.8 Å². The number of carbonyl (C=O) groups excluding carboxylic acids is 3. The Morgan fingerprint density at radius 3 is 2.21 bits per heavy atom. The molecule has 0 saturated carbocycles. The molecule has 4 unspecified atom stereocenters. The van der Waals surface area contributed by atoms with E-state index in [-0.39, 0.29) is 12.8 Å². The van der Waals surface area contributed by atoms with Crippen LogP contribution < -0.4 is 21.7 Å². The topological polar surface area (TPSA) is 217 Å². The first-order valence-electron chi connectivity index (χ1n) is 10.5. The molecule has 0 aromatic carbocycles. The molecule has 8 N–H and O–H groups in total. The zero-order valence-corrected chi connectivity index (χ0v) is 20.1. The number of H-pyrrole nitrogens is 1. The van der Waals surface area contributed by atoms with Crippen molar-refractivity contribution in [1.29, 1.82) is 0 Å². The molecule has 0 bridgehead atoms. The van der Waals surface area contributed by atoms with Crippen molar-refractivity contribution in [2.75, 3.05) is 12.0 Å². The number of thioether (sulfide) groups is 1. The largest absolute Gasteiger partial charge is 0.481 e. The van der Waals surface area contributed by atoms with Gasteiger partial charge in [0.15, 0.2) is 0 Å². The average molecular weight is 501 g/mol. The highest BCUT2D eigenvalue weighted by Gasteiger charge is 2.32. The molecular formula is C20H32N6O7S. The maximum atomic E-state index is 12.9. The van der Waals surface area contributed by atoms with Crippen LogP contribution in [0.25, 0.3) is 0 Å². The number of carboxylic acids is 2. The first-order chi connectivity index (χ1) is 16.0. The highest BCUT2D eigenvalue weighted by atomic mass is 32.2. The van der Waals surface area contributed by atoms with Crippen molar-refractivity contribution in [1.82, 2.24) is 25.9 Å². The molecule has 1 heterocycles. The number of imidazole rings is 1. The fourth-order valence-electron chi connectivity index (χ4n) is 2.93. The molecule has 0 fully saturated rings. The van der Waals surface area contributed by atoms with Crippen molar-refractivity contribution in [3.8, 4) is 0 Å². The summed E-state index contributed by atoms with van der Waals surface area (Å²) in [5, 5.41) is 25.6. The summed E-state index contributed by atoms with van der Waals surface area (Å²) in [6.45, 7) is 3.31. The Labute approximate surface area is 201 Å². The van der Waals surface area contributed by atoms with Crippen LogP contribution in [0.15, 0.2) is 12.5 Å². The Bertz CT molecular complexity index is 848. The van der Waals surface area contributed by atoms with Crippen LogP contribution in [0.4, 0.5) is 0 Å². The van der Waals surface area contributed by atoms with Gasteiger partial charge in [-0.05, 0) is 24.3 Å². The summed E-state index contributed by atoms with van der Waals surface area (Å²) in [6.07, 6.45) is 4.22. The van der Waals surface area contributed by atoms with Gasteiger partial charge in [0, 0.05) is 18.3 Å². The number of nitrogens with two attached hydrogens (primary N) is 1. The summed E-state index contributed by atoms with van der Waals surface area (Å²) in [7, 11) is 0. The van der Waals surface area contributed by atoms with E-state index in [1.807, 2.05) is 0 Å². The summed E-state index contributed by atoms with van der Waals surface area (Å²) in [4.78, 5) is 67.3. The van der Waals surface area contributed by atoms with E-state index in [2.05, 4.69) is 25.9 Å². The Hall–Kier alpha value is -3.13. The third-order valence-corrected chi connectivity index (χ3v) is 5.46. The van der Waals surface area contributed by atoms with Gasteiger partial charge in [0.1, 0.15) is 18.1 Å². The van der Waals surface area contributed by atoms with Crippen LogP contribution in [0.5, 0.6) is 0 Å². The van der Waals surface area contributed by atoms with E-state index in [1.54, 1.807) is 20.1 Å². The molecule has 0 aliphatic heterocycles. The van der Waals surface area contributed by atoms with E-state index in [0.29, 0.717) is 11.4 Å². The minimum absolute atomic E-state index is 0.120. The molecule has 3 amide bonds. The number of amides is 3. The molecule has 0 spiro atoms. The minimum Gasteiger partial charge on any atom is -0.481 e. The maximum Gasteiger partial charge on any atom is 0.326 e. The Kier molecular flexibility index (Phi) is 12.1. The van der Waals surface area contributed by atoms with E-state index in [1.165, 1.54) is 24.3 Å². The first-order valence-corrected chi connectivity index (χ1v) is 11.9. The molecule has 14 heteroatoms. The lowest BCUT2D eigenvalue weighted by molar-refractivity contribution is -0.143. The number of aliphatic carboxylic acids is 2. The van der Waals surface area contributed by atoms with Crippen molar-refractivity contribution >= 4 is 41.4 Å². The fraction of sp³-hybridized carbons (Fsp3) is 0.600. The molecule has 190 valence electrons. The lowest BCUT2D eigenvalue weighted by Gasteiger charge is -2.26. The van der Waals surface area contributed by atoms with Gasteiger partial charge in [0.05, 0.1) is 18.8 Å². The van der Waals surface area contributed by atoms with E-state index >= 15 is 0 Å². The highest BCUT2D eigenvalue weighted by molar-refractivity contribution is 7.98. The third kappa shape index (κ3) is 9.79. The van der Waals surface area contributed by atoms with Crippen LogP contribution in [0.2, 0.25) is 0 Å². The van der Waals surface area contributed by atoms with Gasteiger partial charge in [-0.1, -0.05) is 13.8 Å². The molecule has 0 aliphatic rings. The van der Waals surface area contributed by atoms with Gasteiger partial charge in [-0.3, -0.25) is 19.2 Å². The van der Waals surface area contributed by atoms with Crippen LogP contribution in [0.3, 0.4) is 0 Å². The number of nitrogens with zero attached hydrogens (tertiary/aromatic N) is 1. The minimum atomic E-state index is -1.54. The molecule has 0 radical (unpaired) electrons. The number of hydrogen-bond donors (Lipinski definition) is 7. The van der Waals surface area contributed by atoms with Crippen LogP contribution in [0.1, 0.15) is 32.4 Å². The molecule has 34 heavy (non-hydrogen) atoms. The summed E-state index contributed by atoms with van der Waals surface area (Å²) in [5.41, 5.74) is 6.53. The SMILES string of the molecule is CSCCC(NC(=O)C(CC(=O)O)NC(=O)C(NC(=O)C(N)Cc1cnc[nH]1)C(C)C)C(=O)O. The summed E-state index contributed by atoms with van der Waals surface area (Å²) in [5.74, 6) is -4.99. The van der Waals surface area contributed by atoms with Gasteiger partial charge in [0.25, 0.3) is 0 Å². The van der Waals surface area contributed by atoms with Gasteiger partial charge in [-0.2, -0.15) is 11.8 Å². The molecule has 0 aliphatic carbocycles. The molecule has 1 aromatic heterocycles. The zero-order chi connectivity index (χ0) is 25.8. The zero-order valence-electron chi connectivity index (χ0n) is 19.2. The van der Waals surface area contributed by atoms with Gasteiger partial charge in [0.2, 0.25) is 17.7 Å². The predicted octanol–water partition coefficient (Wildman–Crippen LogP) is -1.30. The summed E-state index contributed by atoms with van der Waals surface area (Å²) in [6, 6.07) is -4.89. The predicted molar refractivity (Wildman–Crippen MR) is 124 cm³/mol. The average Bonchev–Trinajstić information content (AvgIpc) is 3.26. The second-order valence-electron chi connectivity index (χ2n) is 7.96. The second-order valence-corrected chi connectivity index (χ2v) is 8.94. The number of nitrogens with one attached hydrogen (secondary N) is 4. The van der Waals surface area contributed by atoms with Gasteiger partial charge in [-0.25, -0.2) is 9.78 Å². The fourth-order valence-corrected chi connectivity index (χ4v) is 3.40. The highest BCUT2D eigenvalue weighted by Crippen LogP contribution is 2.07. The van der Waals surface area contributed by atoms with Gasteiger partial charge >= 0.3 is 11.9 Å². The lowest BCUT2D eigenvalue weighted by atomic mass is 10.0. The third-order valence-electron chi connectivity index (χ3n) is 4.82. The maximum absolute atomic E-state index is 12.9. The number of carboxylic acid groups (broad SMARTS) is 2. The lowest BCUT2D eigenvalue weighted by Crippen LogP contribution is -2.59. The van der Waals surface area contributed by atoms with Gasteiger partial charge in [-0.15, -0.1) is 0 Å². The smallest absolute Gasteiger partial charge is 0.326 e. The molecule has 0 saturated heterocycles. The molecule has 4 atom stereocenters. The first kappa shape index (κ1) is 28.9. The van der Waals surface area contributed by atoms with Crippen molar-refractivity contribution < 1.29 is 34.2 Å². The molecule has 1 rings (SSSR count). The van der Waals surface area contributed by atoms with Crippen molar-refractivity contribution in [2.45, 2.75) is 57.3 Å². The van der Waals surface area contributed by atoms with E-state index in [0.717, 1.165) is 0 Å². The number of rotatable bonds is 15. The normalized spacial score (nSPS) is 14.5. The number of aromatic nitrogens is 2. The second kappa shape index (κ2) is 14.2. The van der Waals surface area contributed by atoms with Crippen molar-refractivity contribution in [2.24, 2.45) is 11.7 Å². The van der Waals surface area contributed by atoms with Crippen LogP contribution in [0, 0.1) is 5.92 Å². The number of carbonyl (C=O) groups is 5. The standard InChI is InChI=1S/C20H32N6O7S/c1-10(2)16(26-17(29)12(21)6-11-8-22-9-23-11)19(31)25-14(7-15(27)28)18(30)24-13(20(32)33)4-5-34-3/h8-10,12-14,16H,4-7,21H2,1-3H3,(H,22,23)(H,24,30)(H,25,31)(H,26,29)(H,27,28)(H,32,33). The van der Waals surface area contributed by atoms with Crippen molar-refractivity contribution in [3.63, 3.8) is 0 Å². The van der Waals surface area contributed by atoms with Gasteiger partial charge < -0.3 is 36.9 Å². The van der Waals surface area contributed by atoms with E-state index in [4.69, 9.17) is 5.73 Å². The van der Waals surface area contributed by atoms with E-state index in [9.17, 15) is 34.2 Å². The van der Waals surface area contributed by atoms with Crippen LogP contribution in [-0.4, -0.2) is 86.0 Å².